The lowest BCUT2D eigenvalue weighted by molar-refractivity contribution is 1.07. The van der Waals surface area contributed by atoms with Gasteiger partial charge in [0.2, 0.25) is 0 Å². The van der Waals surface area contributed by atoms with E-state index in [9.17, 15) is 0 Å². The number of hydrogen-bond acceptors (Lipinski definition) is 3. The second-order valence-corrected chi connectivity index (χ2v) is 20.0. The Morgan fingerprint density at radius 1 is 0.177 bits per heavy atom. The second kappa shape index (κ2) is 20.5. The number of nitrogens with zero attached hydrogens (tertiary/aromatic N) is 4. The largest absolute Gasteiger partial charge is 0.309 e. The molecule has 4 heteroatoms. The Bertz CT molecular complexity index is 4500. The molecule has 0 bridgehead atoms. The van der Waals surface area contributed by atoms with Gasteiger partial charge in [-0.05, 0) is 145 Å². The maximum Gasteiger partial charge on any atom is 0.164 e. The molecule has 14 rings (SSSR count). The van der Waals surface area contributed by atoms with Crippen LogP contribution in [0.1, 0.15) is 0 Å². The number of aromatic nitrogens is 4. The van der Waals surface area contributed by atoms with E-state index < -0.39 is 0 Å². The van der Waals surface area contributed by atoms with Crippen LogP contribution in [0.5, 0.6) is 0 Å². The Morgan fingerprint density at radius 3 is 0.734 bits per heavy atom. The number of hydrogen-bond donors (Lipinski definition) is 0. The minimum absolute atomic E-state index is 0.596. The Kier molecular flexibility index (Phi) is 12.2. The van der Waals surface area contributed by atoms with E-state index >= 15 is 0 Å². The molecule has 0 radical (unpaired) electrons. The number of benzene rings is 12. The van der Waals surface area contributed by atoms with Crippen molar-refractivity contribution in [2.75, 3.05) is 0 Å². The van der Waals surface area contributed by atoms with Crippen molar-refractivity contribution in [1.29, 1.82) is 0 Å². The molecular formula is C75H50N4. The molecule has 79 heavy (non-hydrogen) atoms. The molecular weight excluding hydrogens is 957 g/mol. The van der Waals surface area contributed by atoms with Crippen molar-refractivity contribution in [3.8, 4) is 118 Å². The highest BCUT2D eigenvalue weighted by molar-refractivity contribution is 6.09. The summed E-state index contributed by atoms with van der Waals surface area (Å²) in [5.41, 5.74) is 22.1. The van der Waals surface area contributed by atoms with E-state index in [1.165, 1.54) is 49.6 Å². The van der Waals surface area contributed by atoms with Gasteiger partial charge in [-0.2, -0.15) is 0 Å². The summed E-state index contributed by atoms with van der Waals surface area (Å²) in [6.45, 7) is 0. The van der Waals surface area contributed by atoms with Crippen LogP contribution < -0.4 is 0 Å². The molecule has 0 amide bonds. The van der Waals surface area contributed by atoms with Gasteiger partial charge in [0.1, 0.15) is 0 Å². The van der Waals surface area contributed by atoms with E-state index in [2.05, 4.69) is 308 Å². The molecule has 0 unspecified atom stereocenters. The Labute approximate surface area is 460 Å². The number of para-hydroxylation sites is 2. The average Bonchev–Trinajstić information content (AvgIpc) is 4.10. The Balaban J connectivity index is 0.843. The first-order chi connectivity index (χ1) is 39.1. The molecule has 0 saturated carbocycles. The SMILES string of the molecule is c1ccc(-c2cccc(-c3cccc(-c4cccc(-c5cccc(-c6nc(-c7cccc(-c8cccc(-c9ccccc9)c8)c7)nc(-c7cccc(-c8cccc(-n9c%10ccccc%10c%10ccccc%109)c8)c7)n6)c5)c4)c3)c2)cc1. The van der Waals surface area contributed by atoms with Crippen molar-refractivity contribution in [3.63, 3.8) is 0 Å². The molecule has 14 aromatic rings. The highest BCUT2D eigenvalue weighted by Crippen LogP contribution is 2.37. The first-order valence-corrected chi connectivity index (χ1v) is 26.8. The fourth-order valence-corrected chi connectivity index (χ4v) is 11.1. The molecule has 0 fully saturated rings. The van der Waals surface area contributed by atoms with Crippen molar-refractivity contribution in [1.82, 2.24) is 19.5 Å². The summed E-state index contributed by atoms with van der Waals surface area (Å²) in [4.78, 5) is 15.9. The summed E-state index contributed by atoms with van der Waals surface area (Å²) in [6.07, 6.45) is 0. The summed E-state index contributed by atoms with van der Waals surface area (Å²) in [5, 5.41) is 2.47. The molecule has 0 atom stereocenters. The zero-order chi connectivity index (χ0) is 52.5. The van der Waals surface area contributed by atoms with Gasteiger partial charge in [-0.15, -0.1) is 0 Å². The smallest absolute Gasteiger partial charge is 0.164 e. The quantitative estimate of drug-likeness (QED) is 0.130. The van der Waals surface area contributed by atoms with Crippen molar-refractivity contribution in [3.05, 3.63) is 303 Å². The third-order valence-electron chi connectivity index (χ3n) is 15.0. The van der Waals surface area contributed by atoms with Crippen LogP contribution in [0.15, 0.2) is 303 Å². The van der Waals surface area contributed by atoms with Gasteiger partial charge in [0.05, 0.1) is 11.0 Å². The third kappa shape index (κ3) is 9.39. The van der Waals surface area contributed by atoms with Crippen LogP contribution >= 0.6 is 0 Å². The third-order valence-corrected chi connectivity index (χ3v) is 15.0. The molecule has 0 aliphatic rings. The first kappa shape index (κ1) is 46.9. The predicted octanol–water partition coefficient (Wildman–Crippen LogP) is 19.6. The van der Waals surface area contributed by atoms with Gasteiger partial charge < -0.3 is 4.57 Å². The number of rotatable bonds is 11. The van der Waals surface area contributed by atoms with Gasteiger partial charge in [-0.25, -0.2) is 15.0 Å². The van der Waals surface area contributed by atoms with Crippen LogP contribution in [-0.4, -0.2) is 19.5 Å². The minimum Gasteiger partial charge on any atom is -0.309 e. The predicted molar refractivity (Wildman–Crippen MR) is 329 cm³/mol. The molecule has 2 aromatic heterocycles. The highest BCUT2D eigenvalue weighted by Gasteiger charge is 2.17. The van der Waals surface area contributed by atoms with E-state index in [0.717, 1.165) is 72.4 Å². The minimum atomic E-state index is 0.596. The summed E-state index contributed by atoms with van der Waals surface area (Å²) >= 11 is 0. The van der Waals surface area contributed by atoms with Gasteiger partial charge in [0.15, 0.2) is 17.5 Å². The Hall–Kier alpha value is -10.6. The van der Waals surface area contributed by atoms with Crippen molar-refractivity contribution in [2.45, 2.75) is 0 Å². The monoisotopic (exact) mass is 1010 g/mol. The molecule has 0 N–H and O–H groups in total. The highest BCUT2D eigenvalue weighted by atomic mass is 15.0. The van der Waals surface area contributed by atoms with Crippen molar-refractivity contribution >= 4 is 21.8 Å². The van der Waals surface area contributed by atoms with Gasteiger partial charge in [0, 0.05) is 33.2 Å². The molecule has 4 nitrogen and oxygen atoms in total. The van der Waals surface area contributed by atoms with Gasteiger partial charge in [-0.1, -0.05) is 237 Å². The Morgan fingerprint density at radius 2 is 0.405 bits per heavy atom. The van der Waals surface area contributed by atoms with Crippen LogP contribution in [0.4, 0.5) is 0 Å². The summed E-state index contributed by atoms with van der Waals surface area (Å²) in [7, 11) is 0. The maximum absolute atomic E-state index is 5.32. The van der Waals surface area contributed by atoms with Crippen molar-refractivity contribution < 1.29 is 0 Å². The lowest BCUT2D eigenvalue weighted by atomic mass is 9.94. The lowest BCUT2D eigenvalue weighted by Crippen LogP contribution is -2.00. The number of fused-ring (bicyclic) bond motifs is 3. The summed E-state index contributed by atoms with van der Waals surface area (Å²) in [6, 6.07) is 108. The second-order valence-electron chi connectivity index (χ2n) is 20.0. The van der Waals surface area contributed by atoms with Gasteiger partial charge in [-0.3, -0.25) is 0 Å². The zero-order valence-corrected chi connectivity index (χ0v) is 43.2. The van der Waals surface area contributed by atoms with E-state index in [0.29, 0.717) is 17.5 Å². The molecule has 12 aromatic carbocycles. The van der Waals surface area contributed by atoms with E-state index in [1.54, 1.807) is 0 Å². The van der Waals surface area contributed by atoms with E-state index in [4.69, 9.17) is 15.0 Å². The summed E-state index contributed by atoms with van der Waals surface area (Å²) < 4.78 is 2.36. The van der Waals surface area contributed by atoms with Crippen LogP contribution in [0.3, 0.4) is 0 Å². The topological polar surface area (TPSA) is 43.6 Å². The normalized spacial score (nSPS) is 11.3. The van der Waals surface area contributed by atoms with Crippen LogP contribution in [0, 0.1) is 0 Å². The average molecular weight is 1010 g/mol. The summed E-state index contributed by atoms with van der Waals surface area (Å²) in [5.74, 6) is 1.79. The fourth-order valence-electron chi connectivity index (χ4n) is 11.1. The molecule has 0 aliphatic carbocycles. The molecule has 370 valence electrons. The fraction of sp³-hybridized carbons (Fsp3) is 0. The van der Waals surface area contributed by atoms with Crippen LogP contribution in [0.2, 0.25) is 0 Å². The van der Waals surface area contributed by atoms with Crippen LogP contribution in [0.25, 0.3) is 140 Å². The zero-order valence-electron chi connectivity index (χ0n) is 43.2. The molecule has 0 spiro atoms. The van der Waals surface area contributed by atoms with E-state index in [-0.39, 0.29) is 0 Å². The first-order valence-electron chi connectivity index (χ1n) is 26.8. The molecule has 2 heterocycles. The standard InChI is InChI=1S/C75H50N4/c1-3-19-51(20-4-1)53-23-11-25-55(43-53)57-27-13-28-58(45-57)59-29-14-30-60(46-59)62-32-16-36-66(48-62)74-76-73(65-35-15-31-61(47-65)56-26-12-24-54(44-56)52-21-5-2-6-22-52)77-75(78-74)67-37-17-33-63(49-67)64-34-18-38-68(50-64)79-71-41-9-7-39-69(71)70-40-8-10-42-72(70)79/h1-50H. The van der Waals surface area contributed by atoms with E-state index in [1.807, 2.05) is 0 Å². The van der Waals surface area contributed by atoms with Gasteiger partial charge >= 0.3 is 0 Å². The molecule has 0 saturated heterocycles. The van der Waals surface area contributed by atoms with Gasteiger partial charge in [0.25, 0.3) is 0 Å². The van der Waals surface area contributed by atoms with Crippen molar-refractivity contribution in [2.24, 2.45) is 0 Å². The van der Waals surface area contributed by atoms with Crippen LogP contribution in [-0.2, 0) is 0 Å². The molecule has 0 aliphatic heterocycles. The lowest BCUT2D eigenvalue weighted by Gasteiger charge is -2.13. The maximum atomic E-state index is 5.32.